The van der Waals surface area contributed by atoms with Gasteiger partial charge in [0.25, 0.3) is 0 Å². The number of carbonyl (C=O) groups excluding carboxylic acids is 2. The number of alkyl carbamates (subject to hydrolysis) is 1. The second kappa shape index (κ2) is 5.60. The third kappa shape index (κ3) is 3.06. The normalized spacial score (nSPS) is 29.6. The highest BCUT2D eigenvalue weighted by Gasteiger charge is 2.41. The molecule has 1 aromatic carbocycles. The summed E-state index contributed by atoms with van der Waals surface area (Å²) in [7, 11) is -3.07. The Morgan fingerprint density at radius 1 is 1.27 bits per heavy atom. The van der Waals surface area contributed by atoms with Gasteiger partial charge in [-0.2, -0.15) is 0 Å². The number of carbonyl (C=O) groups is 2. The summed E-state index contributed by atoms with van der Waals surface area (Å²) in [6, 6.07) is 7.67. The SMILES string of the molecule is O=C1NC(C(=O)NC2CCS(=O)(=O)C2)C(c2ccccc2)O1. The Morgan fingerprint density at radius 2 is 2.00 bits per heavy atom. The number of ether oxygens (including phenoxy) is 1. The van der Waals surface area contributed by atoms with Crippen LogP contribution in [0.5, 0.6) is 0 Å². The van der Waals surface area contributed by atoms with Crippen molar-refractivity contribution in [3.63, 3.8) is 0 Å². The highest BCUT2D eigenvalue weighted by Crippen LogP contribution is 2.26. The summed E-state index contributed by atoms with van der Waals surface area (Å²) in [6.07, 6.45) is -0.981. The third-order valence-corrected chi connectivity index (χ3v) is 5.57. The molecule has 1 aromatic rings. The highest BCUT2D eigenvalue weighted by atomic mass is 32.2. The number of benzene rings is 1. The van der Waals surface area contributed by atoms with Crippen LogP contribution in [-0.4, -0.2) is 44.0 Å². The molecule has 3 atom stereocenters. The maximum absolute atomic E-state index is 12.3. The largest absolute Gasteiger partial charge is 0.439 e. The lowest BCUT2D eigenvalue weighted by Crippen LogP contribution is -2.48. The van der Waals surface area contributed by atoms with E-state index in [1.165, 1.54) is 0 Å². The molecule has 2 saturated heterocycles. The standard InChI is InChI=1S/C14H16N2O5S/c17-13(15-10-6-7-22(19,20)8-10)11-12(21-14(18)16-11)9-4-2-1-3-5-9/h1-5,10-12H,6-8H2,(H,15,17)(H,16,18). The molecule has 2 heterocycles. The lowest BCUT2D eigenvalue weighted by molar-refractivity contribution is -0.124. The zero-order valence-electron chi connectivity index (χ0n) is 11.7. The molecule has 0 radical (unpaired) electrons. The number of hydrogen-bond donors (Lipinski definition) is 2. The Labute approximate surface area is 128 Å². The fourth-order valence-electron chi connectivity index (χ4n) is 2.73. The van der Waals surface area contributed by atoms with E-state index in [0.717, 1.165) is 0 Å². The van der Waals surface area contributed by atoms with E-state index < -0.39 is 40.0 Å². The molecular formula is C14H16N2O5S. The van der Waals surface area contributed by atoms with E-state index in [4.69, 9.17) is 4.74 Å². The monoisotopic (exact) mass is 324 g/mol. The molecule has 2 fully saturated rings. The Morgan fingerprint density at radius 3 is 2.64 bits per heavy atom. The van der Waals surface area contributed by atoms with Gasteiger partial charge in [-0.3, -0.25) is 4.79 Å². The van der Waals surface area contributed by atoms with Gasteiger partial charge in [-0.15, -0.1) is 0 Å². The Balaban J connectivity index is 1.72. The van der Waals surface area contributed by atoms with Crippen LogP contribution >= 0.6 is 0 Å². The first-order valence-corrected chi connectivity index (χ1v) is 8.80. The van der Waals surface area contributed by atoms with Crippen molar-refractivity contribution in [2.24, 2.45) is 0 Å². The average Bonchev–Trinajstić information content (AvgIpc) is 3.02. The summed E-state index contributed by atoms with van der Waals surface area (Å²) in [5.41, 5.74) is 0.708. The molecule has 2 aliphatic rings. The second-order valence-corrected chi connectivity index (χ2v) is 7.70. The maximum Gasteiger partial charge on any atom is 0.408 e. The summed E-state index contributed by atoms with van der Waals surface area (Å²) in [5.74, 6) is -0.411. The van der Waals surface area contributed by atoms with Crippen LogP contribution in [0.1, 0.15) is 18.1 Å². The zero-order chi connectivity index (χ0) is 15.7. The molecule has 0 spiro atoms. The summed E-state index contributed by atoms with van der Waals surface area (Å²) in [6.45, 7) is 0. The third-order valence-electron chi connectivity index (χ3n) is 3.80. The molecular weight excluding hydrogens is 308 g/mol. The van der Waals surface area contributed by atoms with Crippen molar-refractivity contribution in [2.45, 2.75) is 24.6 Å². The minimum absolute atomic E-state index is 0.0593. The predicted molar refractivity (Wildman–Crippen MR) is 77.8 cm³/mol. The summed E-state index contributed by atoms with van der Waals surface area (Å²) in [4.78, 5) is 23.8. The minimum atomic E-state index is -3.07. The predicted octanol–water partition coefficient (Wildman–Crippen LogP) is 0.139. The Kier molecular flexibility index (Phi) is 3.78. The zero-order valence-corrected chi connectivity index (χ0v) is 12.5. The Bertz CT molecular complexity index is 688. The van der Waals surface area contributed by atoms with Crippen LogP contribution < -0.4 is 10.6 Å². The molecule has 118 valence electrons. The van der Waals surface area contributed by atoms with Crippen LogP contribution in [0.15, 0.2) is 30.3 Å². The van der Waals surface area contributed by atoms with E-state index in [-0.39, 0.29) is 11.5 Å². The number of cyclic esters (lactones) is 1. The first-order chi connectivity index (χ1) is 10.4. The van der Waals surface area contributed by atoms with Crippen LogP contribution in [0, 0.1) is 0 Å². The van der Waals surface area contributed by atoms with Gasteiger partial charge in [0.2, 0.25) is 5.91 Å². The topological polar surface area (TPSA) is 102 Å². The van der Waals surface area contributed by atoms with Crippen LogP contribution in [0.25, 0.3) is 0 Å². The van der Waals surface area contributed by atoms with Gasteiger partial charge < -0.3 is 15.4 Å². The van der Waals surface area contributed by atoms with Gasteiger partial charge in [0.05, 0.1) is 11.5 Å². The number of hydrogen-bond acceptors (Lipinski definition) is 5. The molecule has 0 bridgehead atoms. The van der Waals surface area contributed by atoms with Gasteiger partial charge >= 0.3 is 6.09 Å². The quantitative estimate of drug-likeness (QED) is 0.823. The van der Waals surface area contributed by atoms with Crippen molar-refractivity contribution < 1.29 is 22.7 Å². The van der Waals surface area contributed by atoms with E-state index in [2.05, 4.69) is 10.6 Å². The Hall–Kier alpha value is -2.09. The molecule has 0 aliphatic carbocycles. The van der Waals surface area contributed by atoms with Crippen LogP contribution in [0.3, 0.4) is 0 Å². The van der Waals surface area contributed by atoms with Crippen LogP contribution in [0.4, 0.5) is 4.79 Å². The lowest BCUT2D eigenvalue weighted by atomic mass is 10.0. The molecule has 3 unspecified atom stereocenters. The van der Waals surface area contributed by atoms with E-state index >= 15 is 0 Å². The molecule has 2 amide bonds. The smallest absolute Gasteiger partial charge is 0.408 e. The summed E-state index contributed by atoms with van der Waals surface area (Å²) >= 11 is 0. The van der Waals surface area contributed by atoms with Gasteiger partial charge in [0.15, 0.2) is 22.0 Å². The molecule has 7 nitrogen and oxygen atoms in total. The van der Waals surface area contributed by atoms with E-state index in [0.29, 0.717) is 12.0 Å². The van der Waals surface area contributed by atoms with Crippen molar-refractivity contribution in [3.8, 4) is 0 Å². The van der Waals surface area contributed by atoms with Crippen molar-refractivity contribution in [2.75, 3.05) is 11.5 Å². The number of nitrogens with one attached hydrogen (secondary N) is 2. The van der Waals surface area contributed by atoms with Crippen LogP contribution in [0.2, 0.25) is 0 Å². The molecule has 2 aliphatic heterocycles. The number of rotatable bonds is 3. The van der Waals surface area contributed by atoms with Crippen molar-refractivity contribution >= 4 is 21.8 Å². The van der Waals surface area contributed by atoms with Crippen molar-refractivity contribution in [1.29, 1.82) is 0 Å². The summed E-state index contributed by atoms with van der Waals surface area (Å²) < 4.78 is 28.0. The number of sulfone groups is 1. The fraction of sp³-hybridized carbons (Fsp3) is 0.429. The van der Waals surface area contributed by atoms with Crippen molar-refractivity contribution in [3.05, 3.63) is 35.9 Å². The molecule has 0 saturated carbocycles. The van der Waals surface area contributed by atoms with Gasteiger partial charge in [-0.25, -0.2) is 13.2 Å². The molecule has 2 N–H and O–H groups in total. The lowest BCUT2D eigenvalue weighted by Gasteiger charge is -2.19. The van der Waals surface area contributed by atoms with E-state index in [1.807, 2.05) is 6.07 Å². The second-order valence-electron chi connectivity index (χ2n) is 5.47. The number of amides is 2. The minimum Gasteiger partial charge on any atom is -0.439 e. The molecule has 3 rings (SSSR count). The molecule has 8 heteroatoms. The molecule has 0 aromatic heterocycles. The van der Waals surface area contributed by atoms with Gasteiger partial charge in [0, 0.05) is 6.04 Å². The molecule has 22 heavy (non-hydrogen) atoms. The maximum atomic E-state index is 12.3. The van der Waals surface area contributed by atoms with Gasteiger partial charge in [0.1, 0.15) is 0 Å². The first kappa shape index (κ1) is 14.8. The van der Waals surface area contributed by atoms with Gasteiger partial charge in [-0.1, -0.05) is 30.3 Å². The van der Waals surface area contributed by atoms with E-state index in [1.54, 1.807) is 24.3 Å². The highest BCUT2D eigenvalue weighted by molar-refractivity contribution is 7.91. The fourth-order valence-corrected chi connectivity index (χ4v) is 4.40. The van der Waals surface area contributed by atoms with Crippen LogP contribution in [-0.2, 0) is 19.4 Å². The summed E-state index contributed by atoms with van der Waals surface area (Å²) in [5, 5.41) is 5.16. The average molecular weight is 324 g/mol. The van der Waals surface area contributed by atoms with E-state index in [9.17, 15) is 18.0 Å². The van der Waals surface area contributed by atoms with Gasteiger partial charge in [-0.05, 0) is 12.0 Å². The first-order valence-electron chi connectivity index (χ1n) is 6.97. The van der Waals surface area contributed by atoms with Crippen molar-refractivity contribution in [1.82, 2.24) is 10.6 Å².